The van der Waals surface area contributed by atoms with Gasteiger partial charge in [-0.05, 0) is 28.6 Å². The molecule has 1 heterocycles. The molecular weight excluding hydrogens is 270 g/mol. The lowest BCUT2D eigenvalue weighted by Crippen LogP contribution is -2.07. The van der Waals surface area contributed by atoms with Crippen molar-refractivity contribution < 1.29 is 0 Å². The molecule has 0 spiro atoms. The van der Waals surface area contributed by atoms with E-state index in [4.69, 9.17) is 0 Å². The van der Waals surface area contributed by atoms with E-state index in [9.17, 15) is 0 Å². The van der Waals surface area contributed by atoms with Gasteiger partial charge < -0.3 is 5.32 Å². The van der Waals surface area contributed by atoms with E-state index in [-0.39, 0.29) is 0 Å². The molecule has 74 valence electrons. The fourth-order valence-electron chi connectivity index (χ4n) is 0.777. The van der Waals surface area contributed by atoms with Crippen LogP contribution in [0.15, 0.2) is 3.92 Å². The number of rotatable bonds is 5. The minimum Gasteiger partial charge on any atom is -0.360 e. The summed E-state index contributed by atoms with van der Waals surface area (Å²) in [6.07, 6.45) is 3.28. The molecular formula is C7H12BrN3S2. The Morgan fingerprint density at radius 2 is 2.38 bits per heavy atom. The molecule has 1 aromatic rings. The van der Waals surface area contributed by atoms with Gasteiger partial charge in [-0.25, -0.2) is 0 Å². The van der Waals surface area contributed by atoms with E-state index < -0.39 is 0 Å². The van der Waals surface area contributed by atoms with Gasteiger partial charge in [0, 0.05) is 11.8 Å². The number of hydrogen-bond acceptors (Lipinski definition) is 5. The Hall–Kier alpha value is 0.190. The third kappa shape index (κ3) is 4.28. The van der Waals surface area contributed by atoms with Gasteiger partial charge in [0.2, 0.25) is 5.13 Å². The van der Waals surface area contributed by atoms with Crippen LogP contribution in [0.2, 0.25) is 0 Å². The van der Waals surface area contributed by atoms with Crippen LogP contribution in [0.5, 0.6) is 0 Å². The lowest BCUT2D eigenvalue weighted by Gasteiger charge is -2.07. The van der Waals surface area contributed by atoms with E-state index in [2.05, 4.69) is 44.6 Å². The largest absolute Gasteiger partial charge is 0.360 e. The van der Waals surface area contributed by atoms with Gasteiger partial charge in [0.1, 0.15) is 0 Å². The molecule has 0 aliphatic heterocycles. The quantitative estimate of drug-likeness (QED) is 0.901. The molecule has 0 bridgehead atoms. The number of nitrogens with one attached hydrogen (secondary N) is 1. The third-order valence-corrected chi connectivity index (χ3v) is 3.98. The molecule has 1 atom stereocenters. The Morgan fingerprint density at radius 3 is 2.92 bits per heavy atom. The summed E-state index contributed by atoms with van der Waals surface area (Å²) in [5.41, 5.74) is 0. The van der Waals surface area contributed by atoms with Crippen LogP contribution >= 0.6 is 39.0 Å². The molecule has 1 N–H and O–H groups in total. The van der Waals surface area contributed by atoms with Crippen LogP contribution in [0, 0.1) is 0 Å². The molecule has 1 unspecified atom stereocenters. The first-order chi connectivity index (χ1) is 6.22. The van der Waals surface area contributed by atoms with Gasteiger partial charge in [0.25, 0.3) is 0 Å². The Morgan fingerprint density at radius 1 is 1.62 bits per heavy atom. The first-order valence-electron chi connectivity index (χ1n) is 3.98. The highest BCUT2D eigenvalue weighted by atomic mass is 79.9. The number of hydrogen-bond donors (Lipinski definition) is 1. The van der Waals surface area contributed by atoms with Gasteiger partial charge in [0.05, 0.1) is 0 Å². The molecule has 1 aromatic heterocycles. The van der Waals surface area contributed by atoms with Crippen molar-refractivity contribution in [3.05, 3.63) is 3.92 Å². The highest BCUT2D eigenvalue weighted by Gasteiger charge is 2.01. The summed E-state index contributed by atoms with van der Waals surface area (Å²) in [4.78, 5) is 0. The predicted molar refractivity (Wildman–Crippen MR) is 63.7 cm³/mol. The van der Waals surface area contributed by atoms with Crippen molar-refractivity contribution in [3.63, 3.8) is 0 Å². The van der Waals surface area contributed by atoms with Gasteiger partial charge in [-0.1, -0.05) is 18.3 Å². The predicted octanol–water partition coefficient (Wildman–Crippen LogP) is 2.85. The maximum atomic E-state index is 3.94. The Bertz CT molecular complexity index is 254. The van der Waals surface area contributed by atoms with Crippen molar-refractivity contribution in [2.75, 3.05) is 18.1 Å². The molecule has 13 heavy (non-hydrogen) atoms. The molecule has 0 saturated carbocycles. The van der Waals surface area contributed by atoms with Crippen molar-refractivity contribution in [3.8, 4) is 0 Å². The second-order valence-electron chi connectivity index (χ2n) is 2.62. The van der Waals surface area contributed by atoms with Crippen LogP contribution in [0.4, 0.5) is 5.13 Å². The SMILES string of the molecule is CSC(C)CCNc1nnc(Br)s1. The summed E-state index contributed by atoms with van der Waals surface area (Å²) in [5.74, 6) is 0. The Kier molecular flexibility index (Phi) is 5.05. The van der Waals surface area contributed by atoms with Crippen LogP contribution in [-0.2, 0) is 0 Å². The Balaban J connectivity index is 2.20. The molecule has 0 aromatic carbocycles. The monoisotopic (exact) mass is 281 g/mol. The lowest BCUT2D eigenvalue weighted by molar-refractivity contribution is 0.850. The second kappa shape index (κ2) is 5.82. The second-order valence-corrected chi connectivity index (χ2v) is 6.15. The fourth-order valence-corrected chi connectivity index (χ4v) is 2.17. The molecule has 0 aliphatic rings. The summed E-state index contributed by atoms with van der Waals surface area (Å²) in [6.45, 7) is 3.19. The number of nitrogens with zero attached hydrogens (tertiary/aromatic N) is 2. The van der Waals surface area contributed by atoms with Crippen molar-refractivity contribution >= 4 is 44.2 Å². The number of aromatic nitrogens is 2. The molecule has 0 fully saturated rings. The zero-order chi connectivity index (χ0) is 9.68. The zero-order valence-corrected chi connectivity index (χ0v) is 10.8. The van der Waals surface area contributed by atoms with E-state index in [1.165, 1.54) is 11.3 Å². The molecule has 1 rings (SSSR count). The summed E-state index contributed by atoms with van der Waals surface area (Å²) in [5, 5.41) is 12.6. The van der Waals surface area contributed by atoms with Crippen molar-refractivity contribution in [1.82, 2.24) is 10.2 Å². The first-order valence-corrected chi connectivity index (χ1v) is 6.87. The van der Waals surface area contributed by atoms with Crippen molar-refractivity contribution in [2.45, 2.75) is 18.6 Å². The van der Waals surface area contributed by atoms with Gasteiger partial charge in [0.15, 0.2) is 3.92 Å². The normalized spacial score (nSPS) is 12.8. The maximum absolute atomic E-state index is 3.94. The van der Waals surface area contributed by atoms with Crippen LogP contribution < -0.4 is 5.32 Å². The summed E-state index contributed by atoms with van der Waals surface area (Å²) >= 11 is 6.67. The minimum atomic E-state index is 0.698. The Labute approximate surface area is 94.8 Å². The minimum absolute atomic E-state index is 0.698. The highest BCUT2D eigenvalue weighted by Crippen LogP contribution is 2.20. The smallest absolute Gasteiger partial charge is 0.206 e. The topological polar surface area (TPSA) is 37.8 Å². The lowest BCUT2D eigenvalue weighted by atomic mass is 10.3. The average Bonchev–Trinajstić information content (AvgIpc) is 2.51. The first kappa shape index (κ1) is 11.3. The molecule has 0 aliphatic carbocycles. The van der Waals surface area contributed by atoms with Crippen molar-refractivity contribution in [1.29, 1.82) is 0 Å². The molecule has 0 amide bonds. The number of halogens is 1. The average molecular weight is 282 g/mol. The van der Waals surface area contributed by atoms with Crippen LogP contribution in [0.1, 0.15) is 13.3 Å². The van der Waals surface area contributed by atoms with Gasteiger partial charge >= 0.3 is 0 Å². The van der Waals surface area contributed by atoms with Crippen LogP contribution in [0.25, 0.3) is 0 Å². The summed E-state index contributed by atoms with van der Waals surface area (Å²) in [7, 11) is 0. The van der Waals surface area contributed by atoms with Gasteiger partial charge in [-0.2, -0.15) is 11.8 Å². The van der Waals surface area contributed by atoms with E-state index in [1.54, 1.807) is 0 Å². The van der Waals surface area contributed by atoms with Crippen LogP contribution in [-0.4, -0.2) is 28.2 Å². The van der Waals surface area contributed by atoms with Gasteiger partial charge in [-0.3, -0.25) is 0 Å². The zero-order valence-electron chi connectivity index (χ0n) is 7.58. The van der Waals surface area contributed by atoms with Gasteiger partial charge in [-0.15, -0.1) is 10.2 Å². The fraction of sp³-hybridized carbons (Fsp3) is 0.714. The standard InChI is InChI=1S/C7H12BrN3S2/c1-5(12-2)3-4-9-7-11-10-6(8)13-7/h5H,3-4H2,1-2H3,(H,9,11). The molecule has 6 heteroatoms. The van der Waals surface area contributed by atoms with E-state index in [1.807, 2.05) is 11.8 Å². The summed E-state index contributed by atoms with van der Waals surface area (Å²) in [6, 6.07) is 0. The number of anilines is 1. The van der Waals surface area contributed by atoms with Crippen molar-refractivity contribution in [2.24, 2.45) is 0 Å². The third-order valence-electron chi connectivity index (χ3n) is 1.63. The molecule has 0 saturated heterocycles. The number of thioether (sulfide) groups is 1. The van der Waals surface area contributed by atoms with E-state index in [0.29, 0.717) is 5.25 Å². The van der Waals surface area contributed by atoms with E-state index in [0.717, 1.165) is 22.0 Å². The maximum Gasteiger partial charge on any atom is 0.206 e. The van der Waals surface area contributed by atoms with Crippen LogP contribution in [0.3, 0.4) is 0 Å². The molecule has 3 nitrogen and oxygen atoms in total. The highest BCUT2D eigenvalue weighted by molar-refractivity contribution is 9.11. The molecule has 0 radical (unpaired) electrons. The van der Waals surface area contributed by atoms with E-state index >= 15 is 0 Å². The summed E-state index contributed by atoms with van der Waals surface area (Å²) < 4.78 is 0.827.